The monoisotopic (exact) mass is 208 g/mol. The molecular weight excluding hydrogens is 179 g/mol. The second kappa shape index (κ2) is 16.4. The Morgan fingerprint density at radius 3 is 0.857 bits per heavy atom. The molecule has 0 rings (SSSR count). The van der Waals surface area contributed by atoms with Gasteiger partial charge in [-0.25, -0.2) is 0 Å². The summed E-state index contributed by atoms with van der Waals surface area (Å²) in [4.78, 5) is 0. The van der Waals surface area contributed by atoms with Crippen LogP contribution >= 0.6 is 0 Å². The van der Waals surface area contributed by atoms with Crippen molar-refractivity contribution in [2.24, 2.45) is 0 Å². The van der Waals surface area contributed by atoms with Gasteiger partial charge in [0.1, 0.15) is 0 Å². The zero-order chi connectivity index (χ0) is 9.78. The van der Waals surface area contributed by atoms with Crippen molar-refractivity contribution in [2.45, 2.75) is 84.5 Å². The third-order valence-corrected chi connectivity index (χ3v) is 2.71. The van der Waals surface area contributed by atoms with Crippen LogP contribution in [0.5, 0.6) is 0 Å². The molecular formula is C13H29Na. The summed E-state index contributed by atoms with van der Waals surface area (Å²) in [5, 5.41) is 0. The Morgan fingerprint density at radius 2 is 0.643 bits per heavy atom. The van der Waals surface area contributed by atoms with Crippen molar-refractivity contribution < 1.29 is 0 Å². The van der Waals surface area contributed by atoms with Gasteiger partial charge in [-0.15, -0.1) is 0 Å². The molecule has 0 amide bonds. The molecule has 0 fully saturated rings. The molecule has 0 nitrogen and oxygen atoms in total. The predicted octanol–water partition coefficient (Wildman–Crippen LogP) is 4.67. The zero-order valence-electron chi connectivity index (χ0n) is 9.78. The summed E-state index contributed by atoms with van der Waals surface area (Å²) in [5.74, 6) is 0. The quantitative estimate of drug-likeness (QED) is 0.361. The van der Waals surface area contributed by atoms with E-state index in [4.69, 9.17) is 0 Å². The van der Waals surface area contributed by atoms with Crippen LogP contribution in [0.4, 0.5) is 0 Å². The molecule has 0 saturated heterocycles. The van der Waals surface area contributed by atoms with Gasteiger partial charge in [-0.05, 0) is 0 Å². The molecule has 0 aromatic carbocycles. The van der Waals surface area contributed by atoms with Gasteiger partial charge in [0.15, 0.2) is 0 Å². The van der Waals surface area contributed by atoms with Crippen molar-refractivity contribution in [2.75, 3.05) is 0 Å². The van der Waals surface area contributed by atoms with Crippen molar-refractivity contribution >= 4 is 29.6 Å². The Morgan fingerprint density at radius 1 is 0.429 bits per heavy atom. The molecule has 0 N–H and O–H groups in total. The first-order chi connectivity index (χ1) is 6.41. The molecule has 0 aromatic rings. The summed E-state index contributed by atoms with van der Waals surface area (Å²) in [6.07, 6.45) is 15.9. The molecule has 0 saturated carbocycles. The van der Waals surface area contributed by atoms with E-state index >= 15 is 0 Å². The number of unbranched alkanes of at least 4 members (excludes halogenated alkanes) is 10. The van der Waals surface area contributed by atoms with Gasteiger partial charge >= 0.3 is 29.6 Å². The minimum atomic E-state index is 0. The zero-order valence-corrected chi connectivity index (χ0v) is 9.78. The van der Waals surface area contributed by atoms with Crippen molar-refractivity contribution in [3.63, 3.8) is 0 Å². The molecule has 0 radical (unpaired) electrons. The van der Waals surface area contributed by atoms with E-state index in [1.807, 2.05) is 0 Å². The summed E-state index contributed by atoms with van der Waals surface area (Å²) in [6.45, 7) is 4.56. The van der Waals surface area contributed by atoms with Gasteiger partial charge in [-0.3, -0.25) is 0 Å². The first kappa shape index (κ1) is 17.4. The van der Waals surface area contributed by atoms with Gasteiger partial charge in [0.2, 0.25) is 0 Å². The van der Waals surface area contributed by atoms with Gasteiger partial charge in [0, 0.05) is 0 Å². The molecule has 0 heterocycles. The van der Waals surface area contributed by atoms with Gasteiger partial charge in [0.05, 0.1) is 0 Å². The average molecular weight is 208 g/mol. The van der Waals surface area contributed by atoms with Crippen molar-refractivity contribution in [1.29, 1.82) is 0 Å². The van der Waals surface area contributed by atoms with Crippen LogP contribution in [-0.2, 0) is 0 Å². The SMILES string of the molecule is CCCCCCCCCCCCC.[NaH]. The fourth-order valence-electron chi connectivity index (χ4n) is 1.74. The average Bonchev–Trinajstić information content (AvgIpc) is 2.16. The first-order valence-electron chi connectivity index (χ1n) is 6.41. The van der Waals surface area contributed by atoms with Gasteiger partial charge in [0.25, 0.3) is 0 Å². The molecule has 0 spiro atoms. The van der Waals surface area contributed by atoms with Crippen LogP contribution in [0.15, 0.2) is 0 Å². The van der Waals surface area contributed by atoms with E-state index in [1.54, 1.807) is 0 Å². The standard InChI is InChI=1S/C13H28.Na.H/c1-3-5-7-9-11-13-12-10-8-6-4-2;;/h3-13H2,1-2H3;;. The predicted molar refractivity (Wildman–Crippen MR) is 69.3 cm³/mol. The second-order valence-corrected chi connectivity index (χ2v) is 4.18. The van der Waals surface area contributed by atoms with E-state index in [0.29, 0.717) is 0 Å². The molecule has 0 unspecified atom stereocenters. The van der Waals surface area contributed by atoms with E-state index in [1.165, 1.54) is 70.6 Å². The van der Waals surface area contributed by atoms with Crippen molar-refractivity contribution in [1.82, 2.24) is 0 Å². The Bertz CT molecular complexity index is 71.3. The number of hydrogen-bond donors (Lipinski definition) is 0. The van der Waals surface area contributed by atoms with E-state index in [9.17, 15) is 0 Å². The maximum atomic E-state index is 2.28. The topological polar surface area (TPSA) is 0 Å². The minimum absolute atomic E-state index is 0. The van der Waals surface area contributed by atoms with Crippen LogP contribution in [0.25, 0.3) is 0 Å². The maximum absolute atomic E-state index is 2.28. The van der Waals surface area contributed by atoms with E-state index in [-0.39, 0.29) is 29.6 Å². The number of rotatable bonds is 10. The normalized spacial score (nSPS) is 9.86. The van der Waals surface area contributed by atoms with Crippen LogP contribution in [-0.4, -0.2) is 29.6 Å². The van der Waals surface area contributed by atoms with E-state index in [0.717, 1.165) is 0 Å². The molecule has 0 aromatic heterocycles. The molecule has 14 heavy (non-hydrogen) atoms. The molecule has 0 aliphatic carbocycles. The molecule has 0 aliphatic rings. The van der Waals surface area contributed by atoms with Crippen molar-refractivity contribution in [3.05, 3.63) is 0 Å². The Kier molecular flexibility index (Phi) is 20.4. The van der Waals surface area contributed by atoms with Crippen LogP contribution in [0.2, 0.25) is 0 Å². The third kappa shape index (κ3) is 15.5. The molecule has 82 valence electrons. The van der Waals surface area contributed by atoms with Gasteiger partial charge in [-0.1, -0.05) is 84.5 Å². The van der Waals surface area contributed by atoms with Crippen LogP contribution in [0, 0.1) is 0 Å². The van der Waals surface area contributed by atoms with E-state index < -0.39 is 0 Å². The van der Waals surface area contributed by atoms with Gasteiger partial charge < -0.3 is 0 Å². The summed E-state index contributed by atoms with van der Waals surface area (Å²) >= 11 is 0. The molecule has 1 heteroatoms. The summed E-state index contributed by atoms with van der Waals surface area (Å²) in [7, 11) is 0. The first-order valence-corrected chi connectivity index (χ1v) is 6.41. The van der Waals surface area contributed by atoms with Crippen LogP contribution < -0.4 is 0 Å². The fourth-order valence-corrected chi connectivity index (χ4v) is 1.74. The summed E-state index contributed by atoms with van der Waals surface area (Å²) in [6, 6.07) is 0. The number of hydrogen-bond acceptors (Lipinski definition) is 0. The Labute approximate surface area is 114 Å². The van der Waals surface area contributed by atoms with Crippen LogP contribution in [0.3, 0.4) is 0 Å². The Balaban J connectivity index is 0. The molecule has 0 aliphatic heterocycles. The molecule has 0 bridgehead atoms. The Hall–Kier alpha value is 1.00. The second-order valence-electron chi connectivity index (χ2n) is 4.18. The van der Waals surface area contributed by atoms with Gasteiger partial charge in [-0.2, -0.15) is 0 Å². The van der Waals surface area contributed by atoms with Crippen LogP contribution in [0.1, 0.15) is 84.5 Å². The molecule has 0 atom stereocenters. The summed E-state index contributed by atoms with van der Waals surface area (Å²) in [5.41, 5.74) is 0. The third-order valence-electron chi connectivity index (χ3n) is 2.71. The summed E-state index contributed by atoms with van der Waals surface area (Å²) < 4.78 is 0. The fraction of sp³-hybridized carbons (Fsp3) is 1.00. The van der Waals surface area contributed by atoms with E-state index in [2.05, 4.69) is 13.8 Å². The van der Waals surface area contributed by atoms with Crippen molar-refractivity contribution in [3.8, 4) is 0 Å².